The molecular weight excluding hydrogens is 334 g/mol. The van der Waals surface area contributed by atoms with E-state index in [9.17, 15) is 14.7 Å². The van der Waals surface area contributed by atoms with E-state index in [2.05, 4.69) is 26.1 Å². The summed E-state index contributed by atoms with van der Waals surface area (Å²) in [5.74, 6) is -0.0565. The number of imide groups is 1. The first-order valence-corrected chi connectivity index (χ1v) is 8.74. The highest BCUT2D eigenvalue weighted by atomic mass is 32.2. The van der Waals surface area contributed by atoms with Crippen LogP contribution in [0.15, 0.2) is 47.4 Å². The third-order valence-corrected chi connectivity index (χ3v) is 4.80. The van der Waals surface area contributed by atoms with E-state index in [0.29, 0.717) is 10.7 Å². The van der Waals surface area contributed by atoms with Gasteiger partial charge in [0, 0.05) is 0 Å². The molecule has 2 aromatic carbocycles. The molecule has 0 aliphatic carbocycles. The van der Waals surface area contributed by atoms with E-state index in [4.69, 9.17) is 0 Å². The first-order chi connectivity index (χ1) is 11.7. The molecular formula is C20H19NO3S. The molecule has 2 N–H and O–H groups in total. The Labute approximate surface area is 151 Å². The number of amides is 2. The molecule has 4 nitrogen and oxygen atoms in total. The Kier molecular flexibility index (Phi) is 4.43. The maximum absolute atomic E-state index is 11.6. The van der Waals surface area contributed by atoms with Gasteiger partial charge in [-0.1, -0.05) is 51.1 Å². The molecule has 1 saturated heterocycles. The van der Waals surface area contributed by atoms with Crippen molar-refractivity contribution in [3.05, 3.63) is 58.5 Å². The Balaban J connectivity index is 1.90. The molecule has 0 spiro atoms. The summed E-state index contributed by atoms with van der Waals surface area (Å²) < 4.78 is 0. The van der Waals surface area contributed by atoms with Crippen molar-refractivity contribution in [2.45, 2.75) is 26.2 Å². The van der Waals surface area contributed by atoms with Gasteiger partial charge in [-0.05, 0) is 57.6 Å². The number of thioether (sulfide) groups is 1. The lowest BCUT2D eigenvalue weighted by molar-refractivity contribution is -0.115. The van der Waals surface area contributed by atoms with Crippen molar-refractivity contribution < 1.29 is 14.7 Å². The van der Waals surface area contributed by atoms with Crippen LogP contribution in [0.25, 0.3) is 17.2 Å². The summed E-state index contributed by atoms with van der Waals surface area (Å²) in [7, 11) is 0. The minimum atomic E-state index is -0.354. The second-order valence-electron chi connectivity index (χ2n) is 6.96. The largest absolute Gasteiger partial charge is 0.508 e. The highest BCUT2D eigenvalue weighted by molar-refractivity contribution is 8.18. The number of carbonyl (C=O) groups excluding carboxylic acids is 2. The summed E-state index contributed by atoms with van der Waals surface area (Å²) in [6.45, 7) is 6.19. The van der Waals surface area contributed by atoms with Gasteiger partial charge in [-0.15, -0.1) is 0 Å². The predicted molar refractivity (Wildman–Crippen MR) is 101 cm³/mol. The molecule has 5 heteroatoms. The van der Waals surface area contributed by atoms with E-state index in [1.54, 1.807) is 12.1 Å². The number of hydrogen-bond donors (Lipinski definition) is 2. The second kappa shape index (κ2) is 6.41. The van der Waals surface area contributed by atoms with Crippen LogP contribution < -0.4 is 5.32 Å². The summed E-state index contributed by atoms with van der Waals surface area (Å²) >= 11 is 0.909. The van der Waals surface area contributed by atoms with Crippen molar-refractivity contribution in [2.24, 2.45) is 0 Å². The molecule has 0 atom stereocenters. The fourth-order valence-electron chi connectivity index (χ4n) is 2.66. The zero-order valence-electron chi connectivity index (χ0n) is 14.3. The summed E-state index contributed by atoms with van der Waals surface area (Å²) in [5.41, 5.74) is 3.64. The van der Waals surface area contributed by atoms with E-state index in [1.807, 2.05) is 36.4 Å². The summed E-state index contributed by atoms with van der Waals surface area (Å²) in [5, 5.41) is 12.0. The zero-order valence-corrected chi connectivity index (χ0v) is 15.1. The average molecular weight is 353 g/mol. The molecule has 0 radical (unpaired) electrons. The van der Waals surface area contributed by atoms with Gasteiger partial charge in [-0.2, -0.15) is 0 Å². The van der Waals surface area contributed by atoms with Crippen LogP contribution in [0.5, 0.6) is 5.75 Å². The quantitative estimate of drug-likeness (QED) is 0.769. The number of hydrogen-bond acceptors (Lipinski definition) is 4. The van der Waals surface area contributed by atoms with Crippen LogP contribution in [-0.2, 0) is 10.2 Å². The van der Waals surface area contributed by atoms with Crippen LogP contribution >= 0.6 is 11.8 Å². The first-order valence-electron chi connectivity index (χ1n) is 7.93. The predicted octanol–water partition coefficient (Wildman–Crippen LogP) is 4.68. The van der Waals surface area contributed by atoms with Crippen molar-refractivity contribution in [1.29, 1.82) is 0 Å². The number of phenols is 1. The smallest absolute Gasteiger partial charge is 0.290 e. The van der Waals surface area contributed by atoms with Gasteiger partial charge in [0.1, 0.15) is 5.75 Å². The molecule has 0 bridgehead atoms. The number of carbonyl (C=O) groups is 2. The molecule has 1 aliphatic heterocycles. The Morgan fingerprint density at radius 1 is 1.00 bits per heavy atom. The number of aromatic hydroxyl groups is 1. The maximum Gasteiger partial charge on any atom is 0.290 e. The molecule has 2 aromatic rings. The van der Waals surface area contributed by atoms with Crippen LogP contribution in [0.4, 0.5) is 4.79 Å². The zero-order chi connectivity index (χ0) is 18.2. The SMILES string of the molecule is CC(C)(C)c1cc(-c2ccc(C=C3SC(=O)NC3=O)cc2)ccc1O. The molecule has 2 amide bonds. The second-order valence-corrected chi connectivity index (χ2v) is 7.97. The van der Waals surface area contributed by atoms with Crippen molar-refractivity contribution in [3.8, 4) is 16.9 Å². The third kappa shape index (κ3) is 3.77. The number of phenolic OH excluding ortho intramolecular Hbond substituents is 1. The van der Waals surface area contributed by atoms with E-state index in [0.717, 1.165) is 34.0 Å². The normalized spacial score (nSPS) is 16.4. The van der Waals surface area contributed by atoms with Crippen molar-refractivity contribution in [3.63, 3.8) is 0 Å². The Morgan fingerprint density at radius 2 is 1.64 bits per heavy atom. The molecule has 0 aromatic heterocycles. The Morgan fingerprint density at radius 3 is 2.20 bits per heavy atom. The minimum absolute atomic E-state index is 0.149. The lowest BCUT2D eigenvalue weighted by Crippen LogP contribution is -2.17. The van der Waals surface area contributed by atoms with Gasteiger partial charge >= 0.3 is 0 Å². The van der Waals surface area contributed by atoms with Crippen LogP contribution in [-0.4, -0.2) is 16.3 Å². The van der Waals surface area contributed by atoms with Crippen LogP contribution in [0, 0.1) is 0 Å². The Hall–Kier alpha value is -2.53. The van der Waals surface area contributed by atoms with Crippen LogP contribution in [0.3, 0.4) is 0 Å². The molecule has 3 rings (SSSR count). The van der Waals surface area contributed by atoms with Gasteiger partial charge in [-0.25, -0.2) is 0 Å². The molecule has 25 heavy (non-hydrogen) atoms. The molecule has 1 heterocycles. The first kappa shape index (κ1) is 17.3. The van der Waals surface area contributed by atoms with Gasteiger partial charge < -0.3 is 5.11 Å². The third-order valence-electron chi connectivity index (χ3n) is 3.99. The monoisotopic (exact) mass is 353 g/mol. The number of nitrogens with one attached hydrogen (secondary N) is 1. The van der Waals surface area contributed by atoms with Gasteiger partial charge in [-0.3, -0.25) is 14.9 Å². The van der Waals surface area contributed by atoms with Crippen molar-refractivity contribution >= 4 is 29.0 Å². The topological polar surface area (TPSA) is 66.4 Å². The average Bonchev–Trinajstić information content (AvgIpc) is 2.85. The number of rotatable bonds is 2. The molecule has 128 valence electrons. The maximum atomic E-state index is 11.6. The fraction of sp³-hybridized carbons (Fsp3) is 0.200. The minimum Gasteiger partial charge on any atom is -0.508 e. The van der Waals surface area contributed by atoms with Gasteiger partial charge in [0.15, 0.2) is 0 Å². The van der Waals surface area contributed by atoms with E-state index in [-0.39, 0.29) is 16.6 Å². The molecule has 0 unspecified atom stereocenters. The summed E-state index contributed by atoms with van der Waals surface area (Å²) in [6, 6.07) is 13.3. The van der Waals surface area contributed by atoms with Crippen LogP contribution in [0.1, 0.15) is 31.9 Å². The number of benzene rings is 2. The molecule has 0 saturated carbocycles. The van der Waals surface area contributed by atoms with Gasteiger partial charge in [0.25, 0.3) is 11.1 Å². The standard InChI is InChI=1S/C20H19NO3S/c1-20(2,3)15-11-14(8-9-16(15)22)13-6-4-12(5-7-13)10-17-18(23)21-19(24)25-17/h4-11,22H,1-3H3,(H,21,23,24). The lowest BCUT2D eigenvalue weighted by atomic mass is 9.84. The molecule has 1 fully saturated rings. The van der Waals surface area contributed by atoms with Crippen molar-refractivity contribution in [1.82, 2.24) is 5.32 Å². The Bertz CT molecular complexity index is 877. The fourth-order valence-corrected chi connectivity index (χ4v) is 3.34. The van der Waals surface area contributed by atoms with Gasteiger partial charge in [0.05, 0.1) is 4.91 Å². The summed E-state index contributed by atoms with van der Waals surface area (Å²) in [6.07, 6.45) is 1.70. The van der Waals surface area contributed by atoms with Crippen molar-refractivity contribution in [2.75, 3.05) is 0 Å². The highest BCUT2D eigenvalue weighted by Gasteiger charge is 2.24. The van der Waals surface area contributed by atoms with E-state index < -0.39 is 0 Å². The highest BCUT2D eigenvalue weighted by Crippen LogP contribution is 2.34. The summed E-state index contributed by atoms with van der Waals surface area (Å²) in [4.78, 5) is 23.2. The van der Waals surface area contributed by atoms with Gasteiger partial charge in [0.2, 0.25) is 0 Å². The lowest BCUT2D eigenvalue weighted by Gasteiger charge is -2.21. The van der Waals surface area contributed by atoms with Crippen LogP contribution in [0.2, 0.25) is 0 Å². The van der Waals surface area contributed by atoms with E-state index in [1.165, 1.54) is 0 Å². The van der Waals surface area contributed by atoms with E-state index >= 15 is 0 Å². The molecule has 1 aliphatic rings.